The lowest BCUT2D eigenvalue weighted by molar-refractivity contribution is -0.116. The predicted molar refractivity (Wildman–Crippen MR) is 140 cm³/mol. The summed E-state index contributed by atoms with van der Waals surface area (Å²) in [6.07, 6.45) is 5.96. The molecule has 2 aliphatic heterocycles. The van der Waals surface area contributed by atoms with Crippen LogP contribution in [-0.2, 0) is 20.4 Å². The molecule has 4 rings (SSSR count). The van der Waals surface area contributed by atoms with E-state index < -0.39 is 0 Å². The van der Waals surface area contributed by atoms with Gasteiger partial charge in [0.2, 0.25) is 0 Å². The second-order valence-electron chi connectivity index (χ2n) is 10.6. The number of carbonyl (C=O) groups is 2. The van der Waals surface area contributed by atoms with Gasteiger partial charge in [0.25, 0.3) is 0 Å². The van der Waals surface area contributed by atoms with Crippen molar-refractivity contribution in [3.05, 3.63) is 83.2 Å². The zero-order chi connectivity index (χ0) is 24.7. The number of fused-ring (bicyclic) bond motifs is 2. The highest BCUT2D eigenvalue weighted by atomic mass is 16.1. The number of hydrogen-bond donors (Lipinski definition) is 0. The molecule has 2 aromatic carbocycles. The number of likely N-dealkylation sites (N-methyl/N-ethyl adjacent to an activating group) is 2. The minimum Gasteiger partial charge on any atom is -0.347 e. The van der Waals surface area contributed by atoms with Gasteiger partial charge in [0.1, 0.15) is 0 Å². The van der Waals surface area contributed by atoms with Crippen molar-refractivity contribution < 1.29 is 9.59 Å². The average Bonchev–Trinajstić information content (AvgIpc) is 3.12. The topological polar surface area (TPSA) is 40.6 Å². The summed E-state index contributed by atoms with van der Waals surface area (Å²) >= 11 is 0. The number of unbranched alkanes of at least 4 members (excludes halogenated alkanes) is 1. The molecule has 4 heteroatoms. The number of nitrogens with zero attached hydrogens (tertiary/aromatic N) is 2. The number of carbonyl (C=O) groups excluding carboxylic acids is 2. The maximum atomic E-state index is 12.8. The summed E-state index contributed by atoms with van der Waals surface area (Å²) in [6, 6.07) is 16.6. The molecule has 0 amide bonds. The minimum absolute atomic E-state index is 0.126. The summed E-state index contributed by atoms with van der Waals surface area (Å²) in [5, 5.41) is 0. The van der Waals surface area contributed by atoms with Gasteiger partial charge in [-0.3, -0.25) is 9.59 Å². The molecule has 0 saturated carbocycles. The van der Waals surface area contributed by atoms with Crippen LogP contribution < -0.4 is 9.80 Å². The van der Waals surface area contributed by atoms with E-state index in [1.54, 1.807) is 12.2 Å². The molecule has 34 heavy (non-hydrogen) atoms. The summed E-state index contributed by atoms with van der Waals surface area (Å²) in [7, 11) is 4.05. The van der Waals surface area contributed by atoms with Crippen molar-refractivity contribution in [2.75, 3.05) is 23.9 Å². The van der Waals surface area contributed by atoms with Crippen molar-refractivity contribution in [3.63, 3.8) is 0 Å². The summed E-state index contributed by atoms with van der Waals surface area (Å²) in [4.78, 5) is 29.8. The Morgan fingerprint density at radius 3 is 1.38 bits per heavy atom. The van der Waals surface area contributed by atoms with Gasteiger partial charge in [-0.1, -0.05) is 64.1 Å². The lowest BCUT2D eigenvalue weighted by atomic mass is 9.83. The molecule has 2 heterocycles. The highest BCUT2D eigenvalue weighted by molar-refractivity contribution is 5.93. The van der Waals surface area contributed by atoms with Crippen LogP contribution >= 0.6 is 0 Å². The molecule has 0 aliphatic carbocycles. The Hall–Kier alpha value is -3.14. The zero-order valence-corrected chi connectivity index (χ0v) is 21.3. The molecule has 2 aromatic rings. The first kappa shape index (κ1) is 24.0. The van der Waals surface area contributed by atoms with Gasteiger partial charge in [-0.15, -0.1) is 0 Å². The molecule has 2 aliphatic rings. The third-order valence-corrected chi connectivity index (χ3v) is 7.57. The van der Waals surface area contributed by atoms with Gasteiger partial charge >= 0.3 is 0 Å². The molecule has 0 bridgehead atoms. The third kappa shape index (κ3) is 4.11. The van der Waals surface area contributed by atoms with Crippen molar-refractivity contribution in [3.8, 4) is 0 Å². The molecule has 0 unspecified atom stereocenters. The Kier molecular flexibility index (Phi) is 6.28. The van der Waals surface area contributed by atoms with Gasteiger partial charge in [-0.05, 0) is 36.1 Å². The van der Waals surface area contributed by atoms with Gasteiger partial charge in [0.05, 0.1) is 0 Å². The molecule has 178 valence electrons. The van der Waals surface area contributed by atoms with Crippen LogP contribution in [0.3, 0.4) is 0 Å². The second kappa shape index (κ2) is 8.90. The molecular weight excluding hydrogens is 420 g/mol. The van der Waals surface area contributed by atoms with E-state index in [0.717, 1.165) is 22.8 Å². The number of rotatable bonds is 7. The lowest BCUT2D eigenvalue weighted by Crippen LogP contribution is -2.24. The monoisotopic (exact) mass is 456 g/mol. The fourth-order valence-electron chi connectivity index (χ4n) is 5.57. The molecule has 0 atom stereocenters. The van der Waals surface area contributed by atoms with Crippen LogP contribution in [0.25, 0.3) is 0 Å². The van der Waals surface area contributed by atoms with Crippen LogP contribution in [-0.4, -0.2) is 25.7 Å². The van der Waals surface area contributed by atoms with Crippen LogP contribution in [0.1, 0.15) is 64.5 Å². The molecule has 0 N–H and O–H groups in total. The fraction of sp³-hybridized carbons (Fsp3) is 0.400. The first-order valence-electron chi connectivity index (χ1n) is 12.2. The number of allylic oxidation sites excluding steroid dienone is 4. The van der Waals surface area contributed by atoms with E-state index in [-0.39, 0.29) is 22.4 Å². The molecule has 4 nitrogen and oxygen atoms in total. The van der Waals surface area contributed by atoms with Crippen molar-refractivity contribution in [2.24, 2.45) is 0 Å². The highest BCUT2D eigenvalue weighted by Crippen LogP contribution is 2.47. The van der Waals surface area contributed by atoms with Crippen molar-refractivity contribution in [1.82, 2.24) is 0 Å². The maximum Gasteiger partial charge on any atom is 0.157 e. The van der Waals surface area contributed by atoms with Crippen LogP contribution in [0.4, 0.5) is 11.4 Å². The minimum atomic E-state index is -0.194. The number of hydrogen-bond acceptors (Lipinski definition) is 4. The van der Waals surface area contributed by atoms with Crippen molar-refractivity contribution in [2.45, 2.75) is 64.2 Å². The Balaban J connectivity index is 1.33. The Morgan fingerprint density at radius 1 is 0.676 bits per heavy atom. The smallest absolute Gasteiger partial charge is 0.157 e. The van der Waals surface area contributed by atoms with E-state index in [1.807, 2.05) is 26.2 Å². The highest BCUT2D eigenvalue weighted by Gasteiger charge is 2.39. The Labute approximate surface area is 204 Å². The molecule has 0 radical (unpaired) electrons. The molecule has 0 fully saturated rings. The zero-order valence-electron chi connectivity index (χ0n) is 21.3. The molecule has 0 aromatic heterocycles. The predicted octanol–water partition coefficient (Wildman–Crippen LogP) is 6.31. The number of benzene rings is 2. The molecule has 0 spiro atoms. The van der Waals surface area contributed by atoms with Gasteiger partial charge in [0.15, 0.2) is 11.6 Å². The van der Waals surface area contributed by atoms with E-state index in [4.69, 9.17) is 0 Å². The Bertz CT molecular complexity index is 1090. The van der Waals surface area contributed by atoms with Crippen molar-refractivity contribution >= 4 is 22.9 Å². The largest absolute Gasteiger partial charge is 0.347 e. The Morgan fingerprint density at radius 2 is 1.03 bits per heavy atom. The SMILES string of the molecule is CN1C(=CC(=O)CCCCC(=O)/C=C2/N(C)c3ccccc3C2(C)C)C(C)(C)c2ccccc21. The van der Waals surface area contributed by atoms with E-state index in [1.165, 1.54) is 11.1 Å². The molecular formula is C30H36N2O2. The van der Waals surface area contributed by atoms with E-state index in [9.17, 15) is 9.59 Å². The quantitative estimate of drug-likeness (QED) is 0.362. The van der Waals surface area contributed by atoms with Gasteiger partial charge in [0, 0.05) is 72.7 Å². The first-order chi connectivity index (χ1) is 16.0. The van der Waals surface area contributed by atoms with Crippen LogP contribution in [0.2, 0.25) is 0 Å². The maximum absolute atomic E-state index is 12.8. The van der Waals surface area contributed by atoms with Crippen LogP contribution in [0.5, 0.6) is 0 Å². The summed E-state index contributed by atoms with van der Waals surface area (Å²) in [5.41, 5.74) is 6.49. The first-order valence-corrected chi connectivity index (χ1v) is 12.2. The summed E-state index contributed by atoms with van der Waals surface area (Å²) < 4.78 is 0. The third-order valence-electron chi connectivity index (χ3n) is 7.57. The van der Waals surface area contributed by atoms with Gasteiger partial charge < -0.3 is 9.80 Å². The van der Waals surface area contributed by atoms with E-state index >= 15 is 0 Å². The normalized spacial score (nSPS) is 20.1. The van der Waals surface area contributed by atoms with Gasteiger partial charge in [-0.25, -0.2) is 0 Å². The average molecular weight is 457 g/mol. The van der Waals surface area contributed by atoms with Gasteiger partial charge in [-0.2, -0.15) is 0 Å². The summed E-state index contributed by atoms with van der Waals surface area (Å²) in [5.74, 6) is 0.251. The number of ketones is 2. The second-order valence-corrected chi connectivity index (χ2v) is 10.6. The fourth-order valence-corrected chi connectivity index (χ4v) is 5.57. The number of anilines is 2. The lowest BCUT2D eigenvalue weighted by Gasteiger charge is -2.24. The molecule has 0 saturated heterocycles. The standard InChI is InChI=1S/C30H36N2O2/c1-29(2)23-15-9-11-17-25(23)31(5)27(29)19-21(33)13-7-8-14-22(34)20-28-30(3,4)24-16-10-12-18-26(24)32(28)6/h9-12,15-20H,7-8,13-14H2,1-6H3/b27-19+,28-20?. The van der Waals surface area contributed by atoms with Crippen LogP contribution in [0, 0.1) is 0 Å². The van der Waals surface area contributed by atoms with E-state index in [2.05, 4.69) is 73.9 Å². The summed E-state index contributed by atoms with van der Waals surface area (Å²) in [6.45, 7) is 8.67. The van der Waals surface area contributed by atoms with Crippen LogP contribution in [0.15, 0.2) is 72.1 Å². The number of para-hydroxylation sites is 2. The van der Waals surface area contributed by atoms with Crippen molar-refractivity contribution in [1.29, 1.82) is 0 Å². The van der Waals surface area contributed by atoms with E-state index in [0.29, 0.717) is 25.7 Å².